The minimum absolute atomic E-state index is 0.0724. The number of rotatable bonds is 1. The van der Waals surface area contributed by atoms with Crippen LogP contribution in [0.15, 0.2) is 17.4 Å². The Morgan fingerprint density at radius 1 is 0.972 bits per heavy atom. The van der Waals surface area contributed by atoms with E-state index in [9.17, 15) is 24.9 Å². The lowest BCUT2D eigenvalue weighted by molar-refractivity contribution is -0.179. The van der Waals surface area contributed by atoms with Crippen molar-refractivity contribution in [2.45, 2.75) is 91.9 Å². The van der Waals surface area contributed by atoms with Crippen molar-refractivity contribution in [2.24, 2.45) is 27.6 Å². The van der Waals surface area contributed by atoms with Crippen LogP contribution in [0.3, 0.4) is 0 Å². The van der Waals surface area contributed by atoms with Gasteiger partial charge in [-0.3, -0.25) is 9.59 Å². The number of hydrogen-bond donors (Lipinski definition) is 3. The molecule has 0 saturated heterocycles. The normalized spacial score (nSPS) is 41.6. The summed E-state index contributed by atoms with van der Waals surface area (Å²) >= 11 is 0. The highest BCUT2D eigenvalue weighted by molar-refractivity contribution is 6.12. The van der Waals surface area contributed by atoms with Crippen LogP contribution in [-0.4, -0.2) is 34.2 Å². The van der Waals surface area contributed by atoms with Crippen LogP contribution in [-0.2, 0) is 14.9 Å². The van der Waals surface area contributed by atoms with Crippen molar-refractivity contribution >= 4 is 11.8 Å². The van der Waals surface area contributed by atoms with E-state index in [2.05, 4.69) is 27.7 Å². The quantitative estimate of drug-likeness (QED) is 0.313. The van der Waals surface area contributed by atoms with Gasteiger partial charge in [0.25, 0.3) is 0 Å². The van der Waals surface area contributed by atoms with Gasteiger partial charge in [-0.2, -0.15) is 0 Å². The zero-order chi connectivity index (χ0) is 26.6. The van der Waals surface area contributed by atoms with Crippen molar-refractivity contribution in [1.82, 2.24) is 0 Å². The lowest BCUT2D eigenvalue weighted by Gasteiger charge is -2.69. The number of allylic oxidation sites excluding steroid dienone is 2. The van der Waals surface area contributed by atoms with Gasteiger partial charge in [-0.1, -0.05) is 27.7 Å². The number of aliphatic hydroxyl groups is 1. The maximum absolute atomic E-state index is 13.6. The van der Waals surface area contributed by atoms with Crippen LogP contribution in [0, 0.1) is 34.5 Å². The molecule has 6 unspecified atom stereocenters. The van der Waals surface area contributed by atoms with Crippen molar-refractivity contribution in [3.8, 4) is 11.5 Å². The first kappa shape index (κ1) is 25.2. The van der Waals surface area contributed by atoms with Crippen molar-refractivity contribution in [3.05, 3.63) is 34.1 Å². The van der Waals surface area contributed by atoms with E-state index in [4.69, 9.17) is 4.74 Å². The predicted octanol–water partition coefficient (Wildman–Crippen LogP) is 6.26. The van der Waals surface area contributed by atoms with Gasteiger partial charge in [0, 0.05) is 16.5 Å². The summed E-state index contributed by atoms with van der Waals surface area (Å²) < 4.78 is 5.23. The highest BCUT2D eigenvalue weighted by Crippen LogP contribution is 2.75. The summed E-state index contributed by atoms with van der Waals surface area (Å²) in [6.07, 6.45) is 5.84. The van der Waals surface area contributed by atoms with Crippen molar-refractivity contribution in [1.29, 1.82) is 0 Å². The number of esters is 1. The Labute approximate surface area is 213 Å². The number of ether oxygens (including phenoxy) is 1. The fourth-order valence-corrected chi connectivity index (χ4v) is 9.11. The van der Waals surface area contributed by atoms with Gasteiger partial charge < -0.3 is 20.1 Å². The second-order valence-corrected chi connectivity index (χ2v) is 13.4. The highest BCUT2D eigenvalue weighted by Gasteiger charge is 2.68. The van der Waals surface area contributed by atoms with Gasteiger partial charge >= 0.3 is 5.97 Å². The molecule has 3 fully saturated rings. The number of benzene rings is 1. The van der Waals surface area contributed by atoms with Crippen LogP contribution < -0.4 is 0 Å². The Balaban J connectivity index is 1.70. The molecule has 36 heavy (non-hydrogen) atoms. The second kappa shape index (κ2) is 7.29. The number of hydrogen-bond acceptors (Lipinski definition) is 6. The standard InChI is InChI=1S/C30H40O6/c1-16-20-17(14-18(31)21(16)32)28(4)11-13-29(5)19-15-27(3,25(35)36-7)9-8-26(19,2)10-12-30(29,6)24(28)23(34)22(20)33/h14,19,31-32,34H,8-13,15H2,1-7H3. The molecule has 4 aliphatic carbocycles. The number of Topliss-reactive ketones (excluding diaryl/α,β-unsaturated/α-hetero) is 1. The number of carbonyl (C=O) groups excluding carboxylic acids is 2. The van der Waals surface area contributed by atoms with Gasteiger partial charge in [0.1, 0.15) is 0 Å². The van der Waals surface area contributed by atoms with E-state index in [0.717, 1.165) is 44.1 Å². The van der Waals surface area contributed by atoms with Gasteiger partial charge in [0.05, 0.1) is 12.5 Å². The molecule has 3 N–H and O–H groups in total. The lowest BCUT2D eigenvalue weighted by Crippen LogP contribution is -2.63. The van der Waals surface area contributed by atoms with Crippen LogP contribution in [0.2, 0.25) is 0 Å². The molecule has 5 rings (SSSR count). The molecule has 3 saturated carbocycles. The number of carbonyl (C=O) groups is 2. The number of methoxy groups -OCH3 is 1. The van der Waals surface area contributed by atoms with Crippen molar-refractivity contribution in [3.63, 3.8) is 0 Å². The third-order valence-corrected chi connectivity index (χ3v) is 11.7. The zero-order valence-electron chi connectivity index (χ0n) is 22.7. The molecule has 0 radical (unpaired) electrons. The first-order valence-electron chi connectivity index (χ1n) is 13.2. The number of ketones is 1. The number of aromatic hydroxyl groups is 2. The number of fused-ring (bicyclic) bond motifs is 7. The van der Waals surface area contributed by atoms with Crippen LogP contribution in [0.1, 0.15) is 101 Å². The zero-order valence-corrected chi connectivity index (χ0v) is 22.7. The predicted molar refractivity (Wildman–Crippen MR) is 136 cm³/mol. The molecular formula is C30H40O6. The summed E-state index contributed by atoms with van der Waals surface area (Å²) in [4.78, 5) is 26.5. The smallest absolute Gasteiger partial charge is 0.311 e. The third kappa shape index (κ3) is 2.79. The molecule has 6 heteroatoms. The fraction of sp³-hybridized carbons (Fsp3) is 0.667. The topological polar surface area (TPSA) is 104 Å². The first-order chi connectivity index (χ1) is 16.6. The molecule has 6 nitrogen and oxygen atoms in total. The fourth-order valence-electron chi connectivity index (χ4n) is 9.11. The average Bonchev–Trinajstić information content (AvgIpc) is 2.83. The number of aliphatic hydroxyl groups excluding tert-OH is 1. The molecule has 0 aliphatic heterocycles. The van der Waals surface area contributed by atoms with Crippen LogP contribution in [0.4, 0.5) is 0 Å². The van der Waals surface area contributed by atoms with Gasteiger partial charge in [0.2, 0.25) is 5.78 Å². The number of phenolic OH excluding ortho intramolecular Hbond substituents is 2. The molecule has 0 spiro atoms. The first-order valence-corrected chi connectivity index (χ1v) is 13.2. The monoisotopic (exact) mass is 496 g/mol. The highest BCUT2D eigenvalue weighted by atomic mass is 16.5. The molecule has 6 atom stereocenters. The molecule has 0 bridgehead atoms. The lowest BCUT2D eigenvalue weighted by atomic mass is 9.34. The Kier molecular flexibility index (Phi) is 5.10. The van der Waals surface area contributed by atoms with E-state index in [1.165, 1.54) is 13.2 Å². The van der Waals surface area contributed by atoms with Crippen LogP contribution in [0.5, 0.6) is 11.5 Å². The van der Waals surface area contributed by atoms with Crippen molar-refractivity contribution in [2.75, 3.05) is 7.11 Å². The molecule has 196 valence electrons. The second-order valence-electron chi connectivity index (χ2n) is 13.4. The summed E-state index contributed by atoms with van der Waals surface area (Å²) in [5.41, 5.74) is 0.213. The van der Waals surface area contributed by atoms with E-state index in [0.29, 0.717) is 23.1 Å². The van der Waals surface area contributed by atoms with Gasteiger partial charge in [-0.05, 0) is 98.2 Å². The number of phenols is 2. The molecule has 0 amide bonds. The SMILES string of the molecule is COC(=O)C1(C)CCC2(C)CCC3(C)C4=C(O)C(=O)c5c(cc(O)c(O)c5C)C4(C)CCC3(C)C2C1. The van der Waals surface area contributed by atoms with E-state index >= 15 is 0 Å². The van der Waals surface area contributed by atoms with Gasteiger partial charge in [0.15, 0.2) is 17.3 Å². The summed E-state index contributed by atoms with van der Waals surface area (Å²) in [5, 5.41) is 32.4. The molecule has 4 aliphatic rings. The molecular weight excluding hydrogens is 456 g/mol. The van der Waals surface area contributed by atoms with E-state index in [1.807, 2.05) is 6.92 Å². The molecule has 0 heterocycles. The molecule has 0 aromatic heterocycles. The summed E-state index contributed by atoms with van der Waals surface area (Å²) in [6, 6.07) is 1.52. The Morgan fingerprint density at radius 3 is 2.25 bits per heavy atom. The van der Waals surface area contributed by atoms with E-state index in [-0.39, 0.29) is 40.0 Å². The minimum atomic E-state index is -0.647. The maximum Gasteiger partial charge on any atom is 0.311 e. The molecule has 1 aromatic carbocycles. The average molecular weight is 497 g/mol. The summed E-state index contributed by atoms with van der Waals surface area (Å²) in [7, 11) is 1.46. The Hall–Kier alpha value is -2.50. The van der Waals surface area contributed by atoms with E-state index < -0.39 is 22.0 Å². The van der Waals surface area contributed by atoms with Crippen molar-refractivity contribution < 1.29 is 29.6 Å². The Bertz CT molecular complexity index is 1230. The Morgan fingerprint density at radius 2 is 1.61 bits per heavy atom. The maximum atomic E-state index is 13.6. The van der Waals surface area contributed by atoms with Crippen LogP contribution in [0.25, 0.3) is 0 Å². The molecule has 1 aromatic rings. The third-order valence-electron chi connectivity index (χ3n) is 11.7. The van der Waals surface area contributed by atoms with Gasteiger partial charge in [-0.15, -0.1) is 0 Å². The van der Waals surface area contributed by atoms with Gasteiger partial charge in [-0.25, -0.2) is 0 Å². The van der Waals surface area contributed by atoms with E-state index in [1.54, 1.807) is 6.92 Å². The summed E-state index contributed by atoms with van der Waals surface area (Å²) in [5.74, 6) is -1.18. The van der Waals surface area contributed by atoms with Crippen LogP contribution >= 0.6 is 0 Å². The largest absolute Gasteiger partial charge is 0.504 e. The summed E-state index contributed by atoms with van der Waals surface area (Å²) in [6.45, 7) is 12.6. The minimum Gasteiger partial charge on any atom is -0.504 e.